The molecule has 0 aliphatic carbocycles. The molecule has 0 aromatic heterocycles. The van der Waals surface area contributed by atoms with Crippen molar-refractivity contribution in [3.8, 4) is 0 Å². The second-order valence-corrected chi connectivity index (χ2v) is 6.50. The van der Waals surface area contributed by atoms with E-state index in [0.717, 1.165) is 5.56 Å². The number of aryl methyl sites for hydroxylation is 1. The third-order valence-corrected chi connectivity index (χ3v) is 4.37. The monoisotopic (exact) mass is 362 g/mol. The van der Waals surface area contributed by atoms with E-state index in [1.54, 1.807) is 36.0 Å². The van der Waals surface area contributed by atoms with Crippen LogP contribution in [0.3, 0.4) is 0 Å². The lowest BCUT2D eigenvalue weighted by Gasteiger charge is -2.07. The maximum absolute atomic E-state index is 11.8. The predicted molar refractivity (Wildman–Crippen MR) is 99.6 cm³/mol. The molecule has 6 heteroatoms. The standard InChI is InChI=1S/C18H19ClN2O2S/c1-24-16-9-2-13(3-10-16)4-11-17(22)20-12-18(23)21-15-7-5-14(19)6-8-15/h2-3,5-10H,4,11-12H2,1H3,(H,20,22)(H,21,23). The average Bonchev–Trinajstić information content (AvgIpc) is 2.60. The van der Waals surface area contributed by atoms with Gasteiger partial charge in [-0.25, -0.2) is 0 Å². The van der Waals surface area contributed by atoms with E-state index in [9.17, 15) is 9.59 Å². The van der Waals surface area contributed by atoms with Gasteiger partial charge in [0.05, 0.1) is 6.54 Å². The van der Waals surface area contributed by atoms with Gasteiger partial charge >= 0.3 is 0 Å². The molecular formula is C18H19ClN2O2S. The summed E-state index contributed by atoms with van der Waals surface area (Å²) in [6, 6.07) is 14.9. The molecular weight excluding hydrogens is 344 g/mol. The molecule has 0 heterocycles. The van der Waals surface area contributed by atoms with Crippen molar-refractivity contribution in [1.29, 1.82) is 0 Å². The van der Waals surface area contributed by atoms with E-state index in [4.69, 9.17) is 11.6 Å². The van der Waals surface area contributed by atoms with Crippen molar-refractivity contribution < 1.29 is 9.59 Å². The zero-order valence-electron chi connectivity index (χ0n) is 13.3. The molecule has 0 atom stereocenters. The van der Waals surface area contributed by atoms with E-state index in [-0.39, 0.29) is 18.4 Å². The maximum Gasteiger partial charge on any atom is 0.243 e. The van der Waals surface area contributed by atoms with Gasteiger partial charge in [-0.1, -0.05) is 23.7 Å². The highest BCUT2D eigenvalue weighted by atomic mass is 35.5. The highest BCUT2D eigenvalue weighted by Crippen LogP contribution is 2.15. The van der Waals surface area contributed by atoms with Crippen LogP contribution in [0.2, 0.25) is 5.02 Å². The number of benzene rings is 2. The van der Waals surface area contributed by atoms with Crippen molar-refractivity contribution in [3.05, 3.63) is 59.1 Å². The Hall–Kier alpha value is -1.98. The minimum absolute atomic E-state index is 0.0487. The highest BCUT2D eigenvalue weighted by molar-refractivity contribution is 7.98. The van der Waals surface area contributed by atoms with Gasteiger partial charge in [-0.15, -0.1) is 11.8 Å². The molecule has 0 fully saturated rings. The van der Waals surface area contributed by atoms with Gasteiger partial charge in [-0.2, -0.15) is 0 Å². The Morgan fingerprint density at radius 3 is 2.29 bits per heavy atom. The number of amides is 2. The molecule has 2 aromatic rings. The SMILES string of the molecule is CSc1ccc(CCC(=O)NCC(=O)Nc2ccc(Cl)cc2)cc1. The average molecular weight is 363 g/mol. The molecule has 0 aliphatic heterocycles. The van der Waals surface area contributed by atoms with Crippen LogP contribution in [-0.4, -0.2) is 24.6 Å². The van der Waals surface area contributed by atoms with E-state index in [0.29, 0.717) is 23.6 Å². The first-order chi connectivity index (χ1) is 11.6. The molecule has 0 unspecified atom stereocenters. The van der Waals surface area contributed by atoms with Crippen LogP contribution in [0, 0.1) is 0 Å². The molecule has 0 bridgehead atoms. The minimum atomic E-state index is -0.269. The molecule has 2 amide bonds. The number of nitrogens with one attached hydrogen (secondary N) is 2. The van der Waals surface area contributed by atoms with Gasteiger partial charge in [-0.3, -0.25) is 9.59 Å². The number of carbonyl (C=O) groups excluding carboxylic acids is 2. The molecule has 2 aromatic carbocycles. The number of anilines is 1. The predicted octanol–water partition coefficient (Wildman–Crippen LogP) is 3.75. The molecule has 24 heavy (non-hydrogen) atoms. The van der Waals surface area contributed by atoms with Crippen LogP contribution in [0.1, 0.15) is 12.0 Å². The second-order valence-electron chi connectivity index (χ2n) is 5.18. The highest BCUT2D eigenvalue weighted by Gasteiger charge is 2.06. The normalized spacial score (nSPS) is 10.2. The van der Waals surface area contributed by atoms with Crippen LogP contribution in [0.15, 0.2) is 53.4 Å². The molecule has 2 N–H and O–H groups in total. The van der Waals surface area contributed by atoms with Crippen LogP contribution in [-0.2, 0) is 16.0 Å². The molecule has 0 aliphatic rings. The van der Waals surface area contributed by atoms with Crippen molar-refractivity contribution in [2.24, 2.45) is 0 Å². The Kier molecular flexibility index (Phi) is 7.15. The lowest BCUT2D eigenvalue weighted by Crippen LogP contribution is -2.32. The molecule has 0 saturated carbocycles. The quantitative estimate of drug-likeness (QED) is 0.737. The topological polar surface area (TPSA) is 58.2 Å². The Bertz CT molecular complexity index is 687. The van der Waals surface area contributed by atoms with E-state index >= 15 is 0 Å². The molecule has 0 saturated heterocycles. The van der Waals surface area contributed by atoms with Crippen LogP contribution < -0.4 is 10.6 Å². The van der Waals surface area contributed by atoms with E-state index in [1.807, 2.05) is 30.5 Å². The fraction of sp³-hybridized carbons (Fsp3) is 0.222. The summed E-state index contributed by atoms with van der Waals surface area (Å²) in [5.74, 6) is -0.412. The lowest BCUT2D eigenvalue weighted by molar-refractivity contribution is -0.124. The number of halogens is 1. The van der Waals surface area contributed by atoms with Crippen molar-refractivity contribution in [2.45, 2.75) is 17.7 Å². The number of hydrogen-bond donors (Lipinski definition) is 2. The van der Waals surface area contributed by atoms with Gasteiger partial charge in [0.2, 0.25) is 11.8 Å². The fourth-order valence-electron chi connectivity index (χ4n) is 2.06. The first-order valence-electron chi connectivity index (χ1n) is 7.52. The van der Waals surface area contributed by atoms with Crippen LogP contribution >= 0.6 is 23.4 Å². The minimum Gasteiger partial charge on any atom is -0.347 e. The van der Waals surface area contributed by atoms with Gasteiger partial charge in [0.15, 0.2) is 0 Å². The molecule has 0 spiro atoms. The summed E-state index contributed by atoms with van der Waals surface area (Å²) >= 11 is 7.47. The van der Waals surface area contributed by atoms with Gasteiger partial charge in [0.25, 0.3) is 0 Å². The summed E-state index contributed by atoms with van der Waals surface area (Å²) in [7, 11) is 0. The van der Waals surface area contributed by atoms with Crippen LogP contribution in [0.25, 0.3) is 0 Å². The Morgan fingerprint density at radius 1 is 1.00 bits per heavy atom. The third kappa shape index (κ3) is 6.26. The number of carbonyl (C=O) groups is 2. The Morgan fingerprint density at radius 2 is 1.67 bits per heavy atom. The maximum atomic E-state index is 11.8. The molecule has 4 nitrogen and oxygen atoms in total. The summed E-state index contributed by atoms with van der Waals surface area (Å²) in [5, 5.41) is 5.93. The van der Waals surface area contributed by atoms with Crippen molar-refractivity contribution >= 4 is 40.9 Å². The zero-order valence-corrected chi connectivity index (χ0v) is 14.9. The smallest absolute Gasteiger partial charge is 0.243 e. The largest absolute Gasteiger partial charge is 0.347 e. The number of rotatable bonds is 7. The van der Waals surface area contributed by atoms with Gasteiger partial charge in [0, 0.05) is 22.0 Å². The van der Waals surface area contributed by atoms with E-state index in [1.165, 1.54) is 4.90 Å². The van der Waals surface area contributed by atoms with Crippen molar-refractivity contribution in [3.63, 3.8) is 0 Å². The van der Waals surface area contributed by atoms with Crippen LogP contribution in [0.4, 0.5) is 5.69 Å². The summed E-state index contributed by atoms with van der Waals surface area (Å²) < 4.78 is 0. The molecule has 2 rings (SSSR count). The fourth-order valence-corrected chi connectivity index (χ4v) is 2.59. The van der Waals surface area contributed by atoms with E-state index < -0.39 is 0 Å². The summed E-state index contributed by atoms with van der Waals surface area (Å²) in [6.07, 6.45) is 3.03. The van der Waals surface area contributed by atoms with Crippen molar-refractivity contribution in [2.75, 3.05) is 18.1 Å². The van der Waals surface area contributed by atoms with Gasteiger partial charge < -0.3 is 10.6 Å². The second kappa shape index (κ2) is 9.35. The summed E-state index contributed by atoms with van der Waals surface area (Å²) in [4.78, 5) is 24.8. The lowest BCUT2D eigenvalue weighted by atomic mass is 10.1. The number of hydrogen-bond acceptors (Lipinski definition) is 3. The Labute approximate surface area is 151 Å². The first kappa shape index (κ1) is 18.4. The number of thioether (sulfide) groups is 1. The third-order valence-electron chi connectivity index (χ3n) is 3.37. The van der Waals surface area contributed by atoms with E-state index in [2.05, 4.69) is 10.6 Å². The van der Waals surface area contributed by atoms with Gasteiger partial charge in [-0.05, 0) is 54.6 Å². The van der Waals surface area contributed by atoms with Gasteiger partial charge in [0.1, 0.15) is 0 Å². The van der Waals surface area contributed by atoms with Crippen molar-refractivity contribution in [1.82, 2.24) is 5.32 Å². The Balaban J connectivity index is 1.70. The summed E-state index contributed by atoms with van der Waals surface area (Å²) in [6.45, 7) is -0.0487. The summed E-state index contributed by atoms with van der Waals surface area (Å²) in [5.41, 5.74) is 1.75. The molecule has 0 radical (unpaired) electrons. The first-order valence-corrected chi connectivity index (χ1v) is 9.12. The zero-order chi connectivity index (χ0) is 17.4. The van der Waals surface area contributed by atoms with Crippen LogP contribution in [0.5, 0.6) is 0 Å². The molecule has 126 valence electrons.